The summed E-state index contributed by atoms with van der Waals surface area (Å²) in [5.41, 5.74) is 0.549. The Bertz CT molecular complexity index is 1200. The summed E-state index contributed by atoms with van der Waals surface area (Å²) in [6, 6.07) is 0. The summed E-state index contributed by atoms with van der Waals surface area (Å²) in [5, 5.41) is 11.6. The normalized spacial score (nSPS) is 33.4. The molecule has 204 valence electrons. The van der Waals surface area contributed by atoms with Crippen LogP contribution in [0.2, 0.25) is 0 Å². The van der Waals surface area contributed by atoms with Crippen molar-refractivity contribution in [2.45, 2.75) is 52.2 Å². The molecular weight excluding hydrogens is 486 g/mol. The van der Waals surface area contributed by atoms with Gasteiger partial charge in [0.2, 0.25) is 5.78 Å². The molecule has 0 bridgehead atoms. The number of esters is 2. The molecule has 1 N–H and O–H groups in total. The average molecular weight is 524 g/mol. The maximum absolute atomic E-state index is 14.0. The number of hydrogen-bond donors (Lipinski definition) is 1. The lowest BCUT2D eigenvalue weighted by Crippen LogP contribution is -2.56. The maximum atomic E-state index is 14.0. The zero-order valence-electron chi connectivity index (χ0n) is 22.7. The third kappa shape index (κ3) is 4.06. The molecule has 0 aromatic rings. The zero-order chi connectivity index (χ0) is 28.0. The van der Waals surface area contributed by atoms with Crippen LogP contribution in [0.5, 0.6) is 0 Å². The first kappa shape index (κ1) is 27.6. The molecule has 3 aliphatic carbocycles. The Balaban J connectivity index is 2.02. The molecule has 3 unspecified atom stereocenters. The number of Topliss-reactive ketones (excluding diaryl/α,β-unsaturated/α-hetero) is 1. The van der Waals surface area contributed by atoms with Gasteiger partial charge in [-0.15, -0.1) is 13.2 Å². The number of nitrogens with zero attached hydrogens (tertiary/aromatic N) is 1. The monoisotopic (exact) mass is 523 g/mol. The van der Waals surface area contributed by atoms with Crippen LogP contribution in [0.25, 0.3) is 0 Å². The number of allylic oxidation sites excluding steroid dienone is 2. The largest absolute Gasteiger partial charge is 0.504 e. The zero-order valence-corrected chi connectivity index (χ0v) is 22.7. The summed E-state index contributed by atoms with van der Waals surface area (Å²) in [6.45, 7) is 17.8. The van der Waals surface area contributed by atoms with Crippen LogP contribution in [0.1, 0.15) is 40.0 Å². The lowest BCUT2D eigenvalue weighted by molar-refractivity contribution is -0.160. The van der Waals surface area contributed by atoms with E-state index in [1.807, 2.05) is 13.8 Å². The SMILES string of the molecule is C=CCN(/C=C1/C(=O)OC(COC)[C@@]2(C)C1=C(O)C(=O)C1=C2C(OC(C)=O)C[C@]2(C)C(=C)CCC12)CC=C. The summed E-state index contributed by atoms with van der Waals surface area (Å²) < 4.78 is 17.3. The standard InChI is InChI=1S/C30H37NO7/c1-8-12-31(13-9-2)15-19-24-27(34)26(33)23-20-11-10-17(3)29(20,5)14-21(37-18(4)32)25(23)30(24,6)22(16-36-7)38-28(19)35/h8-9,15,20-22,34H,1-3,10-14,16H2,4-7H3/b19-15+/t20?,21?,22?,29-,30+/m1/s1. The van der Waals surface area contributed by atoms with Crippen molar-refractivity contribution in [3.05, 3.63) is 71.7 Å². The predicted octanol–water partition coefficient (Wildman–Crippen LogP) is 4.12. The quantitative estimate of drug-likeness (QED) is 0.288. The second-order valence-corrected chi connectivity index (χ2v) is 10.9. The van der Waals surface area contributed by atoms with Gasteiger partial charge in [-0.05, 0) is 43.1 Å². The minimum Gasteiger partial charge on any atom is -0.504 e. The van der Waals surface area contributed by atoms with E-state index in [1.165, 1.54) is 14.0 Å². The third-order valence-electron chi connectivity index (χ3n) is 8.70. The highest BCUT2D eigenvalue weighted by atomic mass is 16.6. The molecule has 1 aliphatic heterocycles. The van der Waals surface area contributed by atoms with E-state index in [4.69, 9.17) is 14.2 Å². The molecule has 38 heavy (non-hydrogen) atoms. The van der Waals surface area contributed by atoms with Gasteiger partial charge in [0.05, 0.1) is 17.6 Å². The minimum atomic E-state index is -1.19. The molecule has 0 radical (unpaired) electrons. The summed E-state index contributed by atoms with van der Waals surface area (Å²) >= 11 is 0. The van der Waals surface area contributed by atoms with E-state index in [-0.39, 0.29) is 23.7 Å². The van der Waals surface area contributed by atoms with Crippen molar-refractivity contribution in [2.75, 3.05) is 26.8 Å². The number of ether oxygens (including phenoxy) is 3. The van der Waals surface area contributed by atoms with E-state index in [9.17, 15) is 19.5 Å². The number of aliphatic hydroxyl groups is 1. The van der Waals surface area contributed by atoms with E-state index in [0.717, 1.165) is 12.0 Å². The highest BCUT2D eigenvalue weighted by Gasteiger charge is 2.63. The Morgan fingerprint density at radius 1 is 1.24 bits per heavy atom. The van der Waals surface area contributed by atoms with Gasteiger partial charge in [0.25, 0.3) is 0 Å². The number of hydrogen-bond acceptors (Lipinski definition) is 8. The second kappa shape index (κ2) is 10.1. The molecule has 2 fully saturated rings. The van der Waals surface area contributed by atoms with Gasteiger partial charge < -0.3 is 24.2 Å². The van der Waals surface area contributed by atoms with Crippen LogP contribution >= 0.6 is 0 Å². The van der Waals surface area contributed by atoms with Crippen LogP contribution < -0.4 is 0 Å². The molecule has 1 heterocycles. The molecule has 1 saturated carbocycles. The van der Waals surface area contributed by atoms with Crippen molar-refractivity contribution >= 4 is 17.7 Å². The molecule has 4 rings (SSSR count). The van der Waals surface area contributed by atoms with Gasteiger partial charge in [-0.3, -0.25) is 9.59 Å². The van der Waals surface area contributed by atoms with Crippen molar-refractivity contribution < 1.29 is 33.7 Å². The molecular formula is C30H37NO7. The summed E-state index contributed by atoms with van der Waals surface area (Å²) in [7, 11) is 1.49. The number of aliphatic hydroxyl groups excluding tert-OH is 1. The third-order valence-corrected chi connectivity index (χ3v) is 8.70. The van der Waals surface area contributed by atoms with E-state index in [0.29, 0.717) is 37.1 Å². The van der Waals surface area contributed by atoms with E-state index < -0.39 is 46.5 Å². The first-order chi connectivity index (χ1) is 17.9. The Hall–Kier alpha value is -3.39. The fourth-order valence-corrected chi connectivity index (χ4v) is 6.90. The smallest absolute Gasteiger partial charge is 0.340 e. The van der Waals surface area contributed by atoms with Gasteiger partial charge in [-0.1, -0.05) is 31.2 Å². The summed E-state index contributed by atoms with van der Waals surface area (Å²) in [5.74, 6) is -2.42. The lowest BCUT2D eigenvalue weighted by atomic mass is 9.53. The number of cyclic esters (lactones) is 1. The van der Waals surface area contributed by atoms with Crippen LogP contribution in [0.15, 0.2) is 71.7 Å². The number of ketones is 1. The van der Waals surface area contributed by atoms with Crippen molar-refractivity contribution in [3.63, 3.8) is 0 Å². The Morgan fingerprint density at radius 2 is 1.89 bits per heavy atom. The van der Waals surface area contributed by atoms with Gasteiger partial charge in [0.1, 0.15) is 12.2 Å². The topological polar surface area (TPSA) is 102 Å². The lowest BCUT2D eigenvalue weighted by Gasteiger charge is -2.53. The van der Waals surface area contributed by atoms with Gasteiger partial charge in [-0.2, -0.15) is 0 Å². The van der Waals surface area contributed by atoms with Crippen molar-refractivity contribution in [1.29, 1.82) is 0 Å². The fourth-order valence-electron chi connectivity index (χ4n) is 6.90. The average Bonchev–Trinajstić information content (AvgIpc) is 3.13. The highest BCUT2D eigenvalue weighted by molar-refractivity contribution is 6.13. The van der Waals surface area contributed by atoms with Crippen LogP contribution in [0, 0.1) is 16.7 Å². The van der Waals surface area contributed by atoms with Gasteiger partial charge in [-0.25, -0.2) is 4.79 Å². The number of carbonyl (C=O) groups is 3. The van der Waals surface area contributed by atoms with Crippen LogP contribution in [0.3, 0.4) is 0 Å². The van der Waals surface area contributed by atoms with Crippen LogP contribution in [-0.2, 0) is 28.6 Å². The Morgan fingerprint density at radius 3 is 2.47 bits per heavy atom. The Labute approximate surface area is 224 Å². The first-order valence-corrected chi connectivity index (χ1v) is 12.9. The predicted molar refractivity (Wildman–Crippen MR) is 142 cm³/mol. The maximum Gasteiger partial charge on any atom is 0.340 e. The molecule has 8 nitrogen and oxygen atoms in total. The number of rotatable bonds is 8. The number of fused-ring (bicyclic) bond motifs is 4. The first-order valence-electron chi connectivity index (χ1n) is 12.9. The molecule has 0 spiro atoms. The van der Waals surface area contributed by atoms with Crippen molar-refractivity contribution in [1.82, 2.24) is 4.90 Å². The molecule has 0 amide bonds. The highest BCUT2D eigenvalue weighted by Crippen LogP contribution is 2.64. The fraction of sp³-hybridized carbons (Fsp3) is 0.500. The van der Waals surface area contributed by atoms with E-state index in [1.54, 1.807) is 23.3 Å². The number of carbonyl (C=O) groups excluding carboxylic acids is 3. The molecule has 4 aliphatic rings. The molecule has 5 atom stereocenters. The molecule has 0 aromatic heterocycles. The van der Waals surface area contributed by atoms with E-state index in [2.05, 4.69) is 19.7 Å². The second-order valence-electron chi connectivity index (χ2n) is 10.9. The van der Waals surface area contributed by atoms with Gasteiger partial charge in [0, 0.05) is 44.5 Å². The van der Waals surface area contributed by atoms with E-state index >= 15 is 0 Å². The number of methoxy groups -OCH3 is 1. The van der Waals surface area contributed by atoms with Gasteiger partial charge >= 0.3 is 11.9 Å². The molecule has 8 heteroatoms. The van der Waals surface area contributed by atoms with Gasteiger partial charge in [0.15, 0.2) is 5.76 Å². The van der Waals surface area contributed by atoms with Crippen LogP contribution in [-0.4, -0.2) is 66.7 Å². The van der Waals surface area contributed by atoms with Crippen molar-refractivity contribution in [3.8, 4) is 0 Å². The van der Waals surface area contributed by atoms with Crippen molar-refractivity contribution in [2.24, 2.45) is 16.7 Å². The summed E-state index contributed by atoms with van der Waals surface area (Å²) in [4.78, 5) is 41.5. The Kier molecular flexibility index (Phi) is 7.32. The minimum absolute atomic E-state index is 0.0156. The van der Waals surface area contributed by atoms with Crippen LogP contribution in [0.4, 0.5) is 0 Å². The molecule has 0 aromatic carbocycles. The summed E-state index contributed by atoms with van der Waals surface area (Å²) in [6.07, 6.45) is 5.14. The molecule has 1 saturated heterocycles.